The van der Waals surface area contributed by atoms with Crippen LogP contribution in [-0.4, -0.2) is 51.5 Å². The van der Waals surface area contributed by atoms with Crippen LogP contribution in [0.4, 0.5) is 5.69 Å². The van der Waals surface area contributed by atoms with E-state index in [0.717, 1.165) is 26.2 Å². The normalized spacial score (nSPS) is 15.2. The predicted molar refractivity (Wildman–Crippen MR) is 126 cm³/mol. The van der Waals surface area contributed by atoms with E-state index in [1.807, 2.05) is 6.07 Å². The van der Waals surface area contributed by atoms with E-state index in [-0.39, 0.29) is 34.0 Å². The monoisotopic (exact) mass is 493 g/mol. The van der Waals surface area contributed by atoms with Crippen LogP contribution in [0.15, 0.2) is 65.1 Å². The Hall–Kier alpha value is -4.98. The summed E-state index contributed by atoms with van der Waals surface area (Å²) in [6.07, 6.45) is 0. The minimum atomic E-state index is -1.10. The van der Waals surface area contributed by atoms with Gasteiger partial charge in [0.15, 0.2) is 5.75 Å². The van der Waals surface area contributed by atoms with Crippen LogP contribution in [0.2, 0.25) is 0 Å². The minimum Gasteiger partial charge on any atom is -0.505 e. The average Bonchev–Trinajstić information content (AvgIpc) is 2.91. The zero-order chi connectivity index (χ0) is 26.6. The Kier molecular flexibility index (Phi) is 7.49. The van der Waals surface area contributed by atoms with Crippen LogP contribution in [0.5, 0.6) is 11.5 Å². The van der Waals surface area contributed by atoms with Gasteiger partial charge >= 0.3 is 17.9 Å². The summed E-state index contributed by atoms with van der Waals surface area (Å²) in [6.45, 7) is 0. The molecular weight excluding hydrogens is 470 g/mol. The van der Waals surface area contributed by atoms with E-state index in [9.17, 15) is 24.8 Å². The van der Waals surface area contributed by atoms with Gasteiger partial charge in [-0.3, -0.25) is 4.90 Å². The fourth-order valence-corrected chi connectivity index (χ4v) is 3.91. The maximum absolute atomic E-state index is 13.1. The number of carbonyl (C=O) groups is 3. The predicted octanol–water partition coefficient (Wildman–Crippen LogP) is 2.09. The van der Waals surface area contributed by atoms with Crippen molar-refractivity contribution in [2.75, 3.05) is 33.3 Å². The van der Waals surface area contributed by atoms with Gasteiger partial charge in [-0.25, -0.2) is 14.4 Å². The highest BCUT2D eigenvalue weighted by Gasteiger charge is 2.44. The zero-order valence-corrected chi connectivity index (χ0v) is 19.9. The lowest BCUT2D eigenvalue weighted by Gasteiger charge is -2.36. The molecule has 11 heteroatoms. The van der Waals surface area contributed by atoms with Crippen molar-refractivity contribution in [2.45, 2.75) is 5.92 Å². The quantitative estimate of drug-likeness (QED) is 0.448. The van der Waals surface area contributed by atoms with Crippen LogP contribution in [0.3, 0.4) is 0 Å². The van der Waals surface area contributed by atoms with E-state index in [1.54, 1.807) is 30.3 Å². The van der Waals surface area contributed by atoms with Crippen molar-refractivity contribution in [3.63, 3.8) is 0 Å². The van der Waals surface area contributed by atoms with Gasteiger partial charge in [0.2, 0.25) is 0 Å². The number of hydrogen-bond acceptors (Lipinski definition) is 11. The number of rotatable bonds is 6. The Morgan fingerprint density at radius 1 is 0.972 bits per heavy atom. The third kappa shape index (κ3) is 4.27. The lowest BCUT2D eigenvalue weighted by molar-refractivity contribution is -0.139. The summed E-state index contributed by atoms with van der Waals surface area (Å²) in [5.41, 5.74) is 5.54. The molecule has 1 heterocycles. The standard InChI is InChI=1S/C25H23N3O8/c1-33-14-10-15(23(30)34-2)21(29)17(11-14)28-20(25(32)36-4)19(24(31)35-3)18(16(12-26)22(28)27)13-8-6-5-7-9-13/h5-11,18,29H,27H2,1-4H3. The average molecular weight is 493 g/mol. The Labute approximate surface area is 206 Å². The fraction of sp³-hybridized carbons (Fsp3) is 0.200. The molecule has 2 aromatic carbocycles. The first-order valence-electron chi connectivity index (χ1n) is 10.4. The third-order valence-electron chi connectivity index (χ3n) is 5.56. The van der Waals surface area contributed by atoms with E-state index in [1.165, 1.54) is 19.2 Å². The van der Waals surface area contributed by atoms with Gasteiger partial charge in [-0.05, 0) is 11.6 Å². The lowest BCUT2D eigenvalue weighted by atomic mass is 9.81. The highest BCUT2D eigenvalue weighted by Crippen LogP contribution is 2.46. The highest BCUT2D eigenvalue weighted by molar-refractivity contribution is 6.07. The highest BCUT2D eigenvalue weighted by atomic mass is 16.5. The summed E-state index contributed by atoms with van der Waals surface area (Å²) in [5, 5.41) is 21.1. The van der Waals surface area contributed by atoms with Gasteiger partial charge in [-0.2, -0.15) is 5.26 Å². The van der Waals surface area contributed by atoms with Crippen LogP contribution in [0.25, 0.3) is 0 Å². The molecule has 3 N–H and O–H groups in total. The molecule has 36 heavy (non-hydrogen) atoms. The molecule has 186 valence electrons. The molecule has 1 aliphatic heterocycles. The molecule has 1 atom stereocenters. The van der Waals surface area contributed by atoms with Crippen molar-refractivity contribution < 1.29 is 38.4 Å². The molecule has 1 aliphatic rings. The van der Waals surface area contributed by atoms with E-state index in [2.05, 4.69) is 0 Å². The number of ether oxygens (including phenoxy) is 4. The lowest BCUT2D eigenvalue weighted by Crippen LogP contribution is -2.41. The Bertz CT molecular complexity index is 1320. The summed E-state index contributed by atoms with van der Waals surface area (Å²) in [6, 6.07) is 12.9. The van der Waals surface area contributed by atoms with Crippen LogP contribution in [0.1, 0.15) is 21.8 Å². The van der Waals surface area contributed by atoms with E-state index < -0.39 is 35.3 Å². The number of esters is 3. The number of nitriles is 1. The molecule has 0 spiro atoms. The number of nitrogens with zero attached hydrogens (tertiary/aromatic N) is 2. The number of nitrogens with two attached hydrogens (primary N) is 1. The summed E-state index contributed by atoms with van der Waals surface area (Å²) < 4.78 is 19.9. The zero-order valence-electron chi connectivity index (χ0n) is 19.9. The van der Waals surface area contributed by atoms with E-state index in [0.29, 0.717) is 5.56 Å². The number of anilines is 1. The first-order valence-corrected chi connectivity index (χ1v) is 10.4. The largest absolute Gasteiger partial charge is 0.505 e. The molecule has 0 aromatic heterocycles. The third-order valence-corrected chi connectivity index (χ3v) is 5.56. The molecule has 11 nitrogen and oxygen atoms in total. The number of phenolic OH excluding ortho intramolecular Hbond substituents is 1. The topological polar surface area (TPSA) is 161 Å². The van der Waals surface area contributed by atoms with Crippen molar-refractivity contribution >= 4 is 23.6 Å². The number of carbonyl (C=O) groups excluding carboxylic acids is 3. The second-order valence-electron chi connectivity index (χ2n) is 7.37. The maximum Gasteiger partial charge on any atom is 0.355 e. The van der Waals surface area contributed by atoms with Gasteiger partial charge in [0, 0.05) is 6.07 Å². The van der Waals surface area contributed by atoms with Gasteiger partial charge in [-0.1, -0.05) is 30.3 Å². The molecule has 2 aromatic rings. The van der Waals surface area contributed by atoms with Gasteiger partial charge in [-0.15, -0.1) is 0 Å². The molecular formula is C25H23N3O8. The summed E-state index contributed by atoms with van der Waals surface area (Å²) in [7, 11) is 4.63. The van der Waals surface area contributed by atoms with Crippen LogP contribution in [-0.2, 0) is 23.8 Å². The van der Waals surface area contributed by atoms with Crippen LogP contribution >= 0.6 is 0 Å². The van der Waals surface area contributed by atoms with Gasteiger partial charge in [0.05, 0.1) is 57.3 Å². The van der Waals surface area contributed by atoms with E-state index >= 15 is 0 Å². The number of benzene rings is 2. The second kappa shape index (κ2) is 10.5. The molecule has 1 unspecified atom stereocenters. The molecule has 0 amide bonds. The van der Waals surface area contributed by atoms with Crippen molar-refractivity contribution in [3.8, 4) is 17.6 Å². The van der Waals surface area contributed by atoms with Gasteiger partial charge in [0.25, 0.3) is 0 Å². The molecule has 3 rings (SSSR count). The summed E-state index contributed by atoms with van der Waals surface area (Å²) in [4.78, 5) is 39.5. The van der Waals surface area contributed by atoms with Gasteiger partial charge < -0.3 is 29.8 Å². The smallest absolute Gasteiger partial charge is 0.355 e. The first kappa shape index (κ1) is 25.6. The molecule has 0 saturated carbocycles. The van der Waals surface area contributed by atoms with Crippen LogP contribution in [0, 0.1) is 11.3 Å². The van der Waals surface area contributed by atoms with Crippen molar-refractivity contribution in [2.24, 2.45) is 5.73 Å². The summed E-state index contributed by atoms with van der Waals surface area (Å²) >= 11 is 0. The van der Waals surface area contributed by atoms with Gasteiger partial charge in [0.1, 0.15) is 22.8 Å². The number of allylic oxidation sites excluding steroid dienone is 1. The Balaban J connectivity index is 2.50. The van der Waals surface area contributed by atoms with Crippen molar-refractivity contribution in [1.29, 1.82) is 5.26 Å². The molecule has 0 radical (unpaired) electrons. The minimum absolute atomic E-state index is 0.0866. The van der Waals surface area contributed by atoms with E-state index in [4.69, 9.17) is 24.7 Å². The molecule has 0 fully saturated rings. The number of hydrogen-bond donors (Lipinski definition) is 2. The Morgan fingerprint density at radius 2 is 1.58 bits per heavy atom. The second-order valence-corrected chi connectivity index (χ2v) is 7.37. The van der Waals surface area contributed by atoms with Crippen LogP contribution < -0.4 is 15.4 Å². The fourth-order valence-electron chi connectivity index (χ4n) is 3.91. The number of phenols is 1. The van der Waals surface area contributed by atoms with Crippen molar-refractivity contribution in [1.82, 2.24) is 0 Å². The Morgan fingerprint density at radius 3 is 2.11 bits per heavy atom. The summed E-state index contributed by atoms with van der Waals surface area (Å²) in [5.74, 6) is -4.81. The maximum atomic E-state index is 13.1. The SMILES string of the molecule is COC(=O)C1=C(C(=O)OC)N(c2cc(OC)cc(C(=O)OC)c2O)C(N)=C(C#N)C1c1ccccc1. The number of methoxy groups -OCH3 is 4. The molecule has 0 saturated heterocycles. The molecule has 0 aliphatic carbocycles. The first-order chi connectivity index (χ1) is 17.2. The van der Waals surface area contributed by atoms with Crippen molar-refractivity contribution in [3.05, 3.63) is 76.3 Å². The number of aromatic hydroxyl groups is 1. The molecule has 0 bridgehead atoms.